The minimum atomic E-state index is 0.750. The van der Waals surface area contributed by atoms with Gasteiger partial charge in [0.15, 0.2) is 0 Å². The van der Waals surface area contributed by atoms with Crippen LogP contribution in [-0.2, 0) is 0 Å². The van der Waals surface area contributed by atoms with Gasteiger partial charge in [-0.2, -0.15) is 0 Å². The Bertz CT molecular complexity index is 346. The van der Waals surface area contributed by atoms with Gasteiger partial charge < -0.3 is 10.6 Å². The van der Waals surface area contributed by atoms with Gasteiger partial charge in [-0.15, -0.1) is 0 Å². The number of hydrogen-bond donors (Lipinski definition) is 2. The molecule has 0 saturated heterocycles. The number of nitrogens with zero attached hydrogens (tertiary/aromatic N) is 2. The monoisotopic (exact) mass is 206 g/mol. The van der Waals surface area contributed by atoms with Gasteiger partial charge in [-0.25, -0.2) is 9.97 Å². The van der Waals surface area contributed by atoms with Crippen molar-refractivity contribution in [3.8, 4) is 0 Å². The minimum Gasteiger partial charge on any atom is -0.370 e. The molecule has 0 saturated carbocycles. The first-order valence-electron chi connectivity index (χ1n) is 5.14. The van der Waals surface area contributed by atoms with Crippen LogP contribution in [0, 0.1) is 6.92 Å². The van der Waals surface area contributed by atoms with Gasteiger partial charge in [0.1, 0.15) is 17.5 Å². The van der Waals surface area contributed by atoms with Gasteiger partial charge in [0.05, 0.1) is 0 Å². The second-order valence-corrected chi connectivity index (χ2v) is 3.52. The summed E-state index contributed by atoms with van der Waals surface area (Å²) in [6, 6.07) is 1.89. The average Bonchev–Trinajstić information content (AvgIpc) is 2.12. The normalized spacial score (nSPS) is 9.80. The number of aryl methyl sites for hydroxylation is 1. The summed E-state index contributed by atoms with van der Waals surface area (Å²) in [5.41, 5.74) is 0.870. The molecule has 0 aliphatic heterocycles. The Labute approximate surface area is 90.8 Å². The van der Waals surface area contributed by atoms with Crippen molar-refractivity contribution >= 4 is 11.6 Å². The summed E-state index contributed by atoms with van der Waals surface area (Å²) in [6.07, 6.45) is 1.08. The Hall–Kier alpha value is -1.58. The number of hydrogen-bond acceptors (Lipinski definition) is 4. The zero-order valence-electron chi connectivity index (χ0n) is 9.59. The summed E-state index contributed by atoms with van der Waals surface area (Å²) in [6.45, 7) is 10.6. The van der Waals surface area contributed by atoms with Crippen molar-refractivity contribution in [1.29, 1.82) is 0 Å². The molecular weight excluding hydrogens is 188 g/mol. The molecule has 1 aromatic heterocycles. The van der Waals surface area contributed by atoms with Crippen LogP contribution in [0.4, 0.5) is 11.6 Å². The fraction of sp³-hybridized carbons (Fsp3) is 0.455. The molecule has 0 radical (unpaired) electrons. The molecule has 0 atom stereocenters. The molecular formula is C11H18N4. The Balaban J connectivity index is 2.79. The molecule has 0 aliphatic rings. The van der Waals surface area contributed by atoms with Crippen LogP contribution in [0.2, 0.25) is 0 Å². The standard InChI is InChI=1S/C11H18N4/c1-5-6-12-10-7-11(13-8(2)3)15-9(4)14-10/h7H,2,5-6H2,1,3-4H3,(H2,12,13,14,15). The van der Waals surface area contributed by atoms with Gasteiger partial charge in [0.25, 0.3) is 0 Å². The maximum Gasteiger partial charge on any atom is 0.135 e. The molecule has 15 heavy (non-hydrogen) atoms. The Morgan fingerprint density at radius 3 is 2.67 bits per heavy atom. The topological polar surface area (TPSA) is 49.8 Å². The van der Waals surface area contributed by atoms with Crippen LogP contribution in [0.5, 0.6) is 0 Å². The lowest BCUT2D eigenvalue weighted by molar-refractivity contribution is 0.954. The first kappa shape index (κ1) is 11.5. The summed E-state index contributed by atoms with van der Waals surface area (Å²) in [4.78, 5) is 8.55. The summed E-state index contributed by atoms with van der Waals surface area (Å²) in [7, 11) is 0. The van der Waals surface area contributed by atoms with Gasteiger partial charge in [-0.1, -0.05) is 13.5 Å². The average molecular weight is 206 g/mol. The number of aromatic nitrogens is 2. The van der Waals surface area contributed by atoms with Crippen molar-refractivity contribution in [2.45, 2.75) is 27.2 Å². The summed E-state index contributed by atoms with van der Waals surface area (Å²) < 4.78 is 0. The van der Waals surface area contributed by atoms with Crippen molar-refractivity contribution in [2.24, 2.45) is 0 Å². The van der Waals surface area contributed by atoms with Crippen LogP contribution in [0.25, 0.3) is 0 Å². The molecule has 2 N–H and O–H groups in total. The maximum atomic E-state index is 4.29. The molecule has 0 aromatic carbocycles. The van der Waals surface area contributed by atoms with E-state index >= 15 is 0 Å². The van der Waals surface area contributed by atoms with Gasteiger partial charge >= 0.3 is 0 Å². The molecule has 0 fully saturated rings. The zero-order valence-corrected chi connectivity index (χ0v) is 9.59. The van der Waals surface area contributed by atoms with E-state index in [-0.39, 0.29) is 0 Å². The van der Waals surface area contributed by atoms with Gasteiger partial charge in [-0.3, -0.25) is 0 Å². The smallest absolute Gasteiger partial charge is 0.135 e. The first-order chi connectivity index (χ1) is 7.11. The molecule has 0 aliphatic carbocycles. The van der Waals surface area contributed by atoms with Crippen LogP contribution < -0.4 is 10.6 Å². The molecule has 4 nitrogen and oxygen atoms in total. The molecule has 4 heteroatoms. The molecule has 1 heterocycles. The van der Waals surface area contributed by atoms with E-state index in [4.69, 9.17) is 0 Å². The predicted octanol–water partition coefficient (Wildman–Crippen LogP) is 2.55. The molecule has 0 spiro atoms. The highest BCUT2D eigenvalue weighted by atomic mass is 15.1. The van der Waals surface area contributed by atoms with Crippen LogP contribution in [-0.4, -0.2) is 16.5 Å². The highest BCUT2D eigenvalue weighted by Gasteiger charge is 2.00. The second-order valence-electron chi connectivity index (χ2n) is 3.52. The number of allylic oxidation sites excluding steroid dienone is 1. The third-order valence-electron chi connectivity index (χ3n) is 1.74. The number of anilines is 2. The summed E-state index contributed by atoms with van der Waals surface area (Å²) in [5.74, 6) is 2.39. The lowest BCUT2D eigenvalue weighted by Crippen LogP contribution is -2.06. The van der Waals surface area contributed by atoms with E-state index in [9.17, 15) is 0 Å². The van der Waals surface area contributed by atoms with Gasteiger partial charge in [0.2, 0.25) is 0 Å². The Morgan fingerprint density at radius 1 is 1.40 bits per heavy atom. The van der Waals surface area contributed by atoms with Crippen LogP contribution in [0.1, 0.15) is 26.1 Å². The Morgan fingerprint density at radius 2 is 2.07 bits per heavy atom. The zero-order chi connectivity index (χ0) is 11.3. The summed E-state index contributed by atoms with van der Waals surface area (Å²) in [5, 5.41) is 6.30. The van der Waals surface area contributed by atoms with E-state index in [1.54, 1.807) is 0 Å². The lowest BCUT2D eigenvalue weighted by Gasteiger charge is -2.08. The number of rotatable bonds is 5. The van der Waals surface area contributed by atoms with Crippen molar-refractivity contribution < 1.29 is 0 Å². The van der Waals surface area contributed by atoms with E-state index in [0.29, 0.717) is 0 Å². The van der Waals surface area contributed by atoms with Gasteiger partial charge in [0, 0.05) is 18.3 Å². The third kappa shape index (κ3) is 3.97. The van der Waals surface area contributed by atoms with E-state index in [1.165, 1.54) is 0 Å². The maximum absolute atomic E-state index is 4.29. The molecule has 1 rings (SSSR count). The highest BCUT2D eigenvalue weighted by Crippen LogP contribution is 2.12. The molecule has 0 bridgehead atoms. The second kappa shape index (κ2) is 5.34. The van der Waals surface area contributed by atoms with Crippen molar-refractivity contribution in [3.05, 3.63) is 24.2 Å². The fourth-order valence-corrected chi connectivity index (χ4v) is 1.19. The van der Waals surface area contributed by atoms with Crippen LogP contribution in [0.3, 0.4) is 0 Å². The minimum absolute atomic E-state index is 0.750. The quantitative estimate of drug-likeness (QED) is 0.777. The first-order valence-corrected chi connectivity index (χ1v) is 5.14. The largest absolute Gasteiger partial charge is 0.370 e. The summed E-state index contributed by atoms with van der Waals surface area (Å²) >= 11 is 0. The lowest BCUT2D eigenvalue weighted by atomic mass is 10.4. The molecule has 1 aromatic rings. The van der Waals surface area contributed by atoms with Crippen molar-refractivity contribution in [2.75, 3.05) is 17.2 Å². The van der Waals surface area contributed by atoms with Crippen molar-refractivity contribution in [3.63, 3.8) is 0 Å². The van der Waals surface area contributed by atoms with Crippen LogP contribution in [0.15, 0.2) is 18.3 Å². The van der Waals surface area contributed by atoms with E-state index < -0.39 is 0 Å². The Kier molecular flexibility index (Phi) is 4.09. The van der Waals surface area contributed by atoms with Crippen LogP contribution >= 0.6 is 0 Å². The van der Waals surface area contributed by atoms with E-state index in [2.05, 4.69) is 34.1 Å². The SMILES string of the molecule is C=C(C)Nc1cc(NCCC)nc(C)n1. The highest BCUT2D eigenvalue weighted by molar-refractivity contribution is 5.49. The molecule has 0 unspecified atom stereocenters. The number of nitrogens with one attached hydrogen (secondary N) is 2. The van der Waals surface area contributed by atoms with E-state index in [0.717, 1.165) is 36.1 Å². The van der Waals surface area contributed by atoms with E-state index in [1.807, 2.05) is 19.9 Å². The fourth-order valence-electron chi connectivity index (χ4n) is 1.19. The molecule has 0 amide bonds. The third-order valence-corrected chi connectivity index (χ3v) is 1.74. The predicted molar refractivity (Wildman–Crippen MR) is 64.0 cm³/mol. The van der Waals surface area contributed by atoms with Crippen molar-refractivity contribution in [1.82, 2.24) is 9.97 Å². The molecule has 82 valence electrons. The van der Waals surface area contributed by atoms with Gasteiger partial charge in [-0.05, 0) is 20.3 Å².